The predicted molar refractivity (Wildman–Crippen MR) is 86.0 cm³/mol. The van der Waals surface area contributed by atoms with Crippen LogP contribution < -0.4 is 0 Å². The zero-order valence-corrected chi connectivity index (χ0v) is 14.0. The summed E-state index contributed by atoms with van der Waals surface area (Å²) in [5.74, 6) is 1.21. The highest BCUT2D eigenvalue weighted by atomic mass is 28.3. The van der Waals surface area contributed by atoms with E-state index in [1.54, 1.807) is 0 Å². The van der Waals surface area contributed by atoms with Gasteiger partial charge in [-0.25, -0.2) is 0 Å². The first-order valence-corrected chi connectivity index (χ1v) is 10.7. The summed E-state index contributed by atoms with van der Waals surface area (Å²) in [6.07, 6.45) is 5.90. The lowest BCUT2D eigenvalue weighted by atomic mass is 10.3. The molecule has 1 aliphatic rings. The molecule has 0 bridgehead atoms. The van der Waals surface area contributed by atoms with Crippen molar-refractivity contribution in [3.05, 3.63) is 24.2 Å². The average molecular weight is 295 g/mol. The molecule has 2 heterocycles. The van der Waals surface area contributed by atoms with Crippen molar-refractivity contribution >= 4 is 8.80 Å². The molecule has 0 aliphatic carbocycles. The smallest absolute Gasteiger partial charge is 0.100 e. The van der Waals surface area contributed by atoms with Crippen LogP contribution in [0.5, 0.6) is 0 Å². The Balaban J connectivity index is 1.69. The van der Waals surface area contributed by atoms with Gasteiger partial charge < -0.3 is 9.15 Å². The molecule has 4 heteroatoms. The Labute approximate surface area is 124 Å². The maximum atomic E-state index is 5.55. The molecule has 114 valence electrons. The van der Waals surface area contributed by atoms with Gasteiger partial charge in [0.2, 0.25) is 0 Å². The Hall–Kier alpha value is -0.583. The van der Waals surface area contributed by atoms with Crippen LogP contribution in [0.3, 0.4) is 0 Å². The van der Waals surface area contributed by atoms with Gasteiger partial charge >= 0.3 is 0 Å². The molecule has 2 rings (SSSR count). The molecule has 0 saturated carbocycles. The molecule has 0 N–H and O–H groups in total. The first-order valence-electron chi connectivity index (χ1n) is 8.21. The molecule has 1 unspecified atom stereocenters. The number of nitrogens with zero attached hydrogens (tertiary/aromatic N) is 1. The average Bonchev–Trinajstić information content (AvgIpc) is 2.98. The van der Waals surface area contributed by atoms with E-state index in [0.29, 0.717) is 0 Å². The largest absolute Gasteiger partial charge is 0.470 e. The number of hydrogen-bond donors (Lipinski definition) is 0. The quantitative estimate of drug-likeness (QED) is 0.655. The Kier molecular flexibility index (Phi) is 7.40. The summed E-state index contributed by atoms with van der Waals surface area (Å²) in [7, 11) is -0.668. The molecule has 3 nitrogen and oxygen atoms in total. The lowest BCUT2D eigenvalue weighted by Gasteiger charge is -2.27. The first-order chi connectivity index (χ1) is 9.88. The minimum absolute atomic E-state index is 0.668. The van der Waals surface area contributed by atoms with E-state index in [0.717, 1.165) is 26.3 Å². The fourth-order valence-electron chi connectivity index (χ4n) is 2.98. The van der Waals surface area contributed by atoms with Crippen molar-refractivity contribution in [3.63, 3.8) is 0 Å². The van der Waals surface area contributed by atoms with Crippen molar-refractivity contribution in [1.29, 1.82) is 0 Å². The number of unbranched alkanes of at least 4 members (excludes halogenated alkanes) is 1. The normalized spacial score (nSPS) is 18.2. The molecule has 1 aromatic heterocycles. The van der Waals surface area contributed by atoms with Gasteiger partial charge in [0, 0.05) is 21.9 Å². The summed E-state index contributed by atoms with van der Waals surface area (Å²) in [5.41, 5.74) is 0. The first kappa shape index (κ1) is 15.8. The molecule has 20 heavy (non-hydrogen) atoms. The van der Waals surface area contributed by atoms with Gasteiger partial charge in [-0.1, -0.05) is 31.9 Å². The monoisotopic (exact) mass is 295 g/mol. The predicted octanol–water partition coefficient (Wildman–Crippen LogP) is 3.11. The summed E-state index contributed by atoms with van der Waals surface area (Å²) in [4.78, 5) is 2.56. The van der Waals surface area contributed by atoms with E-state index >= 15 is 0 Å². The summed E-state index contributed by atoms with van der Waals surface area (Å²) < 4.78 is 11.0. The standard InChI is InChI=1S/C16H29NO2Si/c1-2-3-13-20(15-16-6-4-10-19-16)14-5-7-17-8-11-18-12-9-17/h4,6,10,20H,2-3,5,7-9,11-15H2,1H3. The molecular formula is C16H29NO2Si. The Morgan fingerprint density at radius 2 is 2.00 bits per heavy atom. The van der Waals surface area contributed by atoms with E-state index in [2.05, 4.69) is 17.9 Å². The third kappa shape index (κ3) is 5.81. The lowest BCUT2D eigenvalue weighted by molar-refractivity contribution is 0.0380. The second-order valence-corrected chi connectivity index (χ2v) is 9.18. The van der Waals surface area contributed by atoms with Crippen LogP contribution in [0.15, 0.2) is 22.8 Å². The molecule has 1 aromatic rings. The number of hydrogen-bond acceptors (Lipinski definition) is 3. The minimum Gasteiger partial charge on any atom is -0.470 e. The summed E-state index contributed by atoms with van der Waals surface area (Å²) in [5, 5.41) is 0. The molecule has 1 saturated heterocycles. The van der Waals surface area contributed by atoms with Crippen molar-refractivity contribution in [1.82, 2.24) is 4.90 Å². The van der Waals surface area contributed by atoms with Crippen LogP contribution in [0.25, 0.3) is 0 Å². The fraction of sp³-hybridized carbons (Fsp3) is 0.750. The van der Waals surface area contributed by atoms with Crippen LogP contribution >= 0.6 is 0 Å². The Morgan fingerprint density at radius 1 is 1.20 bits per heavy atom. The molecule has 0 spiro atoms. The molecule has 1 atom stereocenters. The Morgan fingerprint density at radius 3 is 2.70 bits per heavy atom. The highest BCUT2D eigenvalue weighted by Gasteiger charge is 2.15. The number of rotatable bonds is 9. The highest BCUT2D eigenvalue weighted by molar-refractivity contribution is 6.58. The number of ether oxygens (including phenoxy) is 1. The summed E-state index contributed by atoms with van der Waals surface area (Å²) in [6.45, 7) is 7.65. The molecule has 0 aromatic carbocycles. The Bertz CT molecular complexity index is 336. The third-order valence-corrected chi connectivity index (χ3v) is 7.66. The van der Waals surface area contributed by atoms with Gasteiger partial charge in [-0.15, -0.1) is 0 Å². The summed E-state index contributed by atoms with van der Waals surface area (Å²) in [6, 6.07) is 8.34. The van der Waals surface area contributed by atoms with Crippen molar-refractivity contribution in [2.24, 2.45) is 0 Å². The van der Waals surface area contributed by atoms with Crippen LogP contribution in [0.2, 0.25) is 12.1 Å². The van der Waals surface area contributed by atoms with Gasteiger partial charge in [-0.2, -0.15) is 0 Å². The maximum absolute atomic E-state index is 5.55. The molecule has 1 aliphatic heterocycles. The van der Waals surface area contributed by atoms with E-state index < -0.39 is 8.80 Å². The topological polar surface area (TPSA) is 25.6 Å². The van der Waals surface area contributed by atoms with Gasteiger partial charge in [0.05, 0.1) is 19.5 Å². The van der Waals surface area contributed by atoms with E-state index in [9.17, 15) is 0 Å². The maximum Gasteiger partial charge on any atom is 0.100 e. The van der Waals surface area contributed by atoms with E-state index in [1.165, 1.54) is 49.7 Å². The molecule has 0 radical (unpaired) electrons. The van der Waals surface area contributed by atoms with Crippen LogP contribution in [0, 0.1) is 0 Å². The van der Waals surface area contributed by atoms with E-state index in [1.807, 2.05) is 12.3 Å². The van der Waals surface area contributed by atoms with Crippen molar-refractivity contribution < 1.29 is 9.15 Å². The van der Waals surface area contributed by atoms with Crippen LogP contribution in [-0.2, 0) is 10.8 Å². The number of furan rings is 1. The van der Waals surface area contributed by atoms with Crippen LogP contribution in [0.4, 0.5) is 0 Å². The van der Waals surface area contributed by atoms with Gasteiger partial charge in [0.1, 0.15) is 5.76 Å². The van der Waals surface area contributed by atoms with Gasteiger partial charge in [0.25, 0.3) is 0 Å². The second kappa shape index (κ2) is 9.37. The van der Waals surface area contributed by atoms with Gasteiger partial charge in [-0.05, 0) is 31.1 Å². The van der Waals surface area contributed by atoms with Crippen molar-refractivity contribution in [2.45, 2.75) is 44.3 Å². The molecular weight excluding hydrogens is 266 g/mol. The van der Waals surface area contributed by atoms with E-state index in [-0.39, 0.29) is 0 Å². The van der Waals surface area contributed by atoms with E-state index in [4.69, 9.17) is 9.15 Å². The highest BCUT2D eigenvalue weighted by Crippen LogP contribution is 2.15. The minimum atomic E-state index is -0.668. The fourth-order valence-corrected chi connectivity index (χ4v) is 6.23. The van der Waals surface area contributed by atoms with Crippen LogP contribution in [-0.4, -0.2) is 46.5 Å². The number of morpholine rings is 1. The zero-order chi connectivity index (χ0) is 14.0. The lowest BCUT2D eigenvalue weighted by Crippen LogP contribution is -2.37. The zero-order valence-electron chi connectivity index (χ0n) is 12.9. The second-order valence-electron chi connectivity index (χ2n) is 5.89. The van der Waals surface area contributed by atoms with Gasteiger partial charge in [-0.3, -0.25) is 4.90 Å². The molecule has 1 fully saturated rings. The van der Waals surface area contributed by atoms with Gasteiger partial charge in [0.15, 0.2) is 0 Å². The SMILES string of the molecule is CCCC[SiH](CCCN1CCOCC1)Cc1ccco1. The molecule has 0 amide bonds. The third-order valence-electron chi connectivity index (χ3n) is 4.23. The summed E-state index contributed by atoms with van der Waals surface area (Å²) >= 11 is 0. The van der Waals surface area contributed by atoms with Crippen molar-refractivity contribution in [2.75, 3.05) is 32.8 Å². The van der Waals surface area contributed by atoms with Crippen LogP contribution in [0.1, 0.15) is 31.9 Å². The van der Waals surface area contributed by atoms with Crippen molar-refractivity contribution in [3.8, 4) is 0 Å².